The van der Waals surface area contributed by atoms with Crippen LogP contribution in [0.25, 0.3) is 0 Å². The van der Waals surface area contributed by atoms with Crippen LogP contribution in [0.2, 0.25) is 0 Å². The van der Waals surface area contributed by atoms with Crippen molar-refractivity contribution in [2.45, 2.75) is 22.5 Å². The average Bonchev–Trinajstić information content (AvgIpc) is 2.90. The van der Waals surface area contributed by atoms with Crippen LogP contribution >= 0.6 is 11.8 Å². The number of nitrogens with two attached hydrogens (primary N) is 1. The second kappa shape index (κ2) is 6.72. The van der Waals surface area contributed by atoms with Crippen LogP contribution in [0.4, 0.5) is 0 Å². The van der Waals surface area contributed by atoms with E-state index in [0.29, 0.717) is 0 Å². The summed E-state index contributed by atoms with van der Waals surface area (Å²) in [6.45, 7) is 0. The van der Waals surface area contributed by atoms with Crippen molar-refractivity contribution < 1.29 is 0 Å². The lowest BCUT2D eigenvalue weighted by atomic mass is 10.1. The molecule has 0 saturated carbocycles. The van der Waals surface area contributed by atoms with Crippen molar-refractivity contribution >= 4 is 11.8 Å². The van der Waals surface area contributed by atoms with Gasteiger partial charge in [0.25, 0.3) is 0 Å². The van der Waals surface area contributed by atoms with Gasteiger partial charge in [-0.2, -0.15) is 0 Å². The zero-order valence-corrected chi connectivity index (χ0v) is 13.1. The molecule has 5 nitrogen and oxygen atoms in total. The Morgan fingerprint density at radius 3 is 2.55 bits per heavy atom. The first-order valence-electron chi connectivity index (χ1n) is 7.00. The summed E-state index contributed by atoms with van der Waals surface area (Å²) in [6.07, 6.45) is 4.27. The highest BCUT2D eigenvalue weighted by molar-refractivity contribution is 7.99. The minimum absolute atomic E-state index is 0.174. The van der Waals surface area contributed by atoms with Crippen molar-refractivity contribution in [3.05, 3.63) is 66.2 Å². The molecule has 0 fully saturated rings. The van der Waals surface area contributed by atoms with E-state index in [2.05, 4.69) is 27.3 Å². The quantitative estimate of drug-likeness (QED) is 0.784. The molecule has 0 unspecified atom stereocenters. The first kappa shape index (κ1) is 14.7. The molecule has 22 heavy (non-hydrogen) atoms. The van der Waals surface area contributed by atoms with Gasteiger partial charge in [-0.15, -0.1) is 10.2 Å². The van der Waals surface area contributed by atoms with Gasteiger partial charge in [0.2, 0.25) is 0 Å². The molecule has 1 aromatic carbocycles. The minimum atomic E-state index is -0.174. The molecule has 0 radical (unpaired) electrons. The second-order valence-corrected chi connectivity index (χ2v) is 6.02. The van der Waals surface area contributed by atoms with Crippen LogP contribution in [0.1, 0.15) is 17.4 Å². The molecule has 6 heteroatoms. The molecule has 0 amide bonds. The van der Waals surface area contributed by atoms with Gasteiger partial charge in [-0.3, -0.25) is 4.98 Å². The van der Waals surface area contributed by atoms with Crippen molar-refractivity contribution in [1.29, 1.82) is 0 Å². The number of pyridine rings is 1. The van der Waals surface area contributed by atoms with E-state index in [9.17, 15) is 0 Å². The maximum Gasteiger partial charge on any atom is 0.195 e. The highest BCUT2D eigenvalue weighted by Crippen LogP contribution is 2.26. The maximum atomic E-state index is 6.29. The third-order valence-electron chi connectivity index (χ3n) is 3.36. The summed E-state index contributed by atoms with van der Waals surface area (Å²) in [6, 6.07) is 13.9. The van der Waals surface area contributed by atoms with E-state index in [0.717, 1.165) is 22.3 Å². The number of benzene rings is 1. The van der Waals surface area contributed by atoms with Crippen LogP contribution in [0.5, 0.6) is 0 Å². The molecule has 2 N–H and O–H groups in total. The predicted octanol–water partition coefficient (Wildman–Crippen LogP) is 2.60. The predicted molar refractivity (Wildman–Crippen MR) is 86.4 cm³/mol. The summed E-state index contributed by atoms with van der Waals surface area (Å²) in [5.74, 6) is 0.792. The molecule has 0 spiro atoms. The highest BCUT2D eigenvalue weighted by Gasteiger charge is 2.16. The van der Waals surface area contributed by atoms with E-state index < -0.39 is 0 Å². The number of rotatable bonds is 5. The Morgan fingerprint density at radius 1 is 1.09 bits per heavy atom. The van der Waals surface area contributed by atoms with Crippen molar-refractivity contribution in [2.75, 3.05) is 0 Å². The van der Waals surface area contributed by atoms with Crippen LogP contribution in [-0.4, -0.2) is 19.7 Å². The molecular formula is C16H17N5S. The van der Waals surface area contributed by atoms with Crippen LogP contribution in [0.15, 0.2) is 64.9 Å². The van der Waals surface area contributed by atoms with Gasteiger partial charge in [0, 0.05) is 24.3 Å². The van der Waals surface area contributed by atoms with E-state index >= 15 is 0 Å². The topological polar surface area (TPSA) is 69.6 Å². The third kappa shape index (κ3) is 3.35. The minimum Gasteiger partial charge on any atom is -0.321 e. The van der Waals surface area contributed by atoms with Gasteiger partial charge in [-0.25, -0.2) is 0 Å². The first-order chi connectivity index (χ1) is 10.7. The Labute approximate surface area is 133 Å². The molecule has 2 aromatic heterocycles. The Balaban J connectivity index is 1.75. The summed E-state index contributed by atoms with van der Waals surface area (Å²) >= 11 is 1.55. The summed E-state index contributed by atoms with van der Waals surface area (Å²) in [5, 5.41) is 9.33. The maximum absolute atomic E-state index is 6.29. The fourth-order valence-electron chi connectivity index (χ4n) is 2.21. The normalized spacial score (nSPS) is 12.3. The molecule has 112 valence electrons. The molecule has 2 heterocycles. The molecule has 0 saturated heterocycles. The third-order valence-corrected chi connectivity index (χ3v) is 4.40. The molecule has 0 bridgehead atoms. The van der Waals surface area contributed by atoms with E-state index in [1.165, 1.54) is 5.56 Å². The van der Waals surface area contributed by atoms with E-state index in [1.54, 1.807) is 24.2 Å². The molecule has 3 aromatic rings. The Bertz CT molecular complexity index is 727. The zero-order valence-electron chi connectivity index (χ0n) is 12.3. The molecule has 0 aliphatic rings. The van der Waals surface area contributed by atoms with Crippen molar-refractivity contribution in [3.63, 3.8) is 0 Å². The molecule has 0 aliphatic carbocycles. The number of nitrogens with zero attached hydrogens (tertiary/aromatic N) is 4. The van der Waals surface area contributed by atoms with Crippen LogP contribution in [0, 0.1) is 0 Å². The highest BCUT2D eigenvalue weighted by atomic mass is 32.2. The van der Waals surface area contributed by atoms with Gasteiger partial charge in [-0.1, -0.05) is 30.3 Å². The van der Waals surface area contributed by atoms with Crippen LogP contribution in [0.3, 0.4) is 0 Å². The lowest BCUT2D eigenvalue weighted by molar-refractivity contribution is 0.616. The summed E-state index contributed by atoms with van der Waals surface area (Å²) in [5.41, 5.74) is 7.49. The first-order valence-corrected chi connectivity index (χ1v) is 7.82. The Kier molecular flexibility index (Phi) is 4.50. The van der Waals surface area contributed by atoms with Crippen LogP contribution < -0.4 is 5.73 Å². The number of hydrogen-bond acceptors (Lipinski definition) is 5. The van der Waals surface area contributed by atoms with Crippen LogP contribution in [-0.2, 0) is 13.5 Å². The smallest absolute Gasteiger partial charge is 0.195 e. The van der Waals surface area contributed by atoms with Gasteiger partial charge >= 0.3 is 0 Å². The molecule has 0 aliphatic heterocycles. The van der Waals surface area contributed by atoms with Crippen molar-refractivity contribution in [3.8, 4) is 0 Å². The Morgan fingerprint density at radius 2 is 1.82 bits per heavy atom. The fraction of sp³-hybridized carbons (Fsp3) is 0.188. The molecule has 1 atom stereocenters. The van der Waals surface area contributed by atoms with Gasteiger partial charge in [0.1, 0.15) is 0 Å². The molecule has 3 rings (SSSR count). The Hall–Kier alpha value is -2.18. The largest absolute Gasteiger partial charge is 0.321 e. The van der Waals surface area contributed by atoms with Gasteiger partial charge < -0.3 is 10.3 Å². The van der Waals surface area contributed by atoms with E-state index in [4.69, 9.17) is 5.73 Å². The summed E-state index contributed by atoms with van der Waals surface area (Å²) in [4.78, 5) is 5.09. The van der Waals surface area contributed by atoms with E-state index in [-0.39, 0.29) is 6.04 Å². The zero-order chi connectivity index (χ0) is 15.4. The fourth-order valence-corrected chi connectivity index (χ4v) is 2.99. The summed E-state index contributed by atoms with van der Waals surface area (Å²) < 4.78 is 1.96. The SMILES string of the molecule is Cn1c(Sc2ccncc2)nnc1[C@H](N)Cc1ccccc1. The van der Waals surface area contributed by atoms with E-state index in [1.807, 2.05) is 41.9 Å². The molecular weight excluding hydrogens is 294 g/mol. The van der Waals surface area contributed by atoms with Gasteiger partial charge in [0.15, 0.2) is 11.0 Å². The number of aromatic nitrogens is 4. The van der Waals surface area contributed by atoms with Crippen molar-refractivity contribution in [1.82, 2.24) is 19.7 Å². The van der Waals surface area contributed by atoms with Gasteiger partial charge in [0.05, 0.1) is 6.04 Å². The monoisotopic (exact) mass is 311 g/mol. The standard InChI is InChI=1S/C16H17N5S/c1-21-15(14(17)11-12-5-3-2-4-6-12)19-20-16(21)22-13-7-9-18-10-8-13/h2-10,14H,11,17H2,1H3/t14-/m1/s1. The van der Waals surface area contributed by atoms with Gasteiger partial charge in [-0.05, 0) is 35.9 Å². The van der Waals surface area contributed by atoms with Crippen molar-refractivity contribution in [2.24, 2.45) is 12.8 Å². The number of hydrogen-bond donors (Lipinski definition) is 1. The lowest BCUT2D eigenvalue weighted by Gasteiger charge is -2.11. The summed E-state index contributed by atoms with van der Waals surface area (Å²) in [7, 11) is 1.95. The second-order valence-electron chi connectivity index (χ2n) is 4.98. The average molecular weight is 311 g/mol. The lowest BCUT2D eigenvalue weighted by Crippen LogP contribution is -2.18.